The molecule has 1 heterocycles. The van der Waals surface area contributed by atoms with Gasteiger partial charge >= 0.3 is 0 Å². The summed E-state index contributed by atoms with van der Waals surface area (Å²) in [6, 6.07) is 7.64. The number of benzene rings is 1. The Morgan fingerprint density at radius 3 is 2.87 bits per heavy atom. The predicted octanol–water partition coefficient (Wildman–Crippen LogP) is 2.93. The zero-order chi connectivity index (χ0) is 10.8. The van der Waals surface area contributed by atoms with E-state index >= 15 is 0 Å². The molecule has 78 valence electrons. The molecule has 0 fully saturated rings. The first-order valence-electron chi connectivity index (χ1n) is 4.38. The van der Waals surface area contributed by atoms with Crippen LogP contribution in [0.2, 0.25) is 5.02 Å². The van der Waals surface area contributed by atoms with Gasteiger partial charge in [0, 0.05) is 5.02 Å². The van der Waals surface area contributed by atoms with E-state index in [1.807, 2.05) is 24.3 Å². The van der Waals surface area contributed by atoms with Crippen LogP contribution in [-0.2, 0) is 6.54 Å². The van der Waals surface area contributed by atoms with Crippen molar-refractivity contribution >= 4 is 33.3 Å². The zero-order valence-corrected chi connectivity index (χ0v) is 10.2. The molecule has 15 heavy (non-hydrogen) atoms. The van der Waals surface area contributed by atoms with Crippen LogP contribution in [0.4, 0.5) is 5.82 Å². The highest BCUT2D eigenvalue weighted by molar-refractivity contribution is 9.10. The second-order valence-electron chi connectivity index (χ2n) is 3.17. The van der Waals surface area contributed by atoms with E-state index in [9.17, 15) is 0 Å². The predicted molar refractivity (Wildman–Crippen MR) is 64.9 cm³/mol. The fourth-order valence-electron chi connectivity index (χ4n) is 1.31. The average Bonchev–Trinajstić information content (AvgIpc) is 2.50. The van der Waals surface area contributed by atoms with Crippen molar-refractivity contribution in [1.29, 1.82) is 0 Å². The second-order valence-corrected chi connectivity index (χ2v) is 4.46. The molecule has 3 nitrogen and oxygen atoms in total. The van der Waals surface area contributed by atoms with Gasteiger partial charge in [0.1, 0.15) is 5.82 Å². The van der Waals surface area contributed by atoms with Crippen LogP contribution in [0.3, 0.4) is 0 Å². The molecule has 5 heteroatoms. The minimum absolute atomic E-state index is 0.620. The maximum absolute atomic E-state index is 5.89. The van der Waals surface area contributed by atoms with E-state index in [1.165, 1.54) is 0 Å². The van der Waals surface area contributed by atoms with Crippen LogP contribution >= 0.6 is 27.5 Å². The number of nitrogen functional groups attached to an aromatic ring is 1. The van der Waals surface area contributed by atoms with E-state index in [4.69, 9.17) is 17.3 Å². The largest absolute Gasteiger partial charge is 0.383 e. The molecule has 0 atom stereocenters. The molecule has 0 saturated heterocycles. The van der Waals surface area contributed by atoms with Gasteiger partial charge in [0.2, 0.25) is 0 Å². The van der Waals surface area contributed by atoms with E-state index in [2.05, 4.69) is 21.0 Å². The minimum Gasteiger partial charge on any atom is -0.383 e. The molecule has 0 spiro atoms. The number of hydrogen-bond acceptors (Lipinski definition) is 2. The number of nitrogens with zero attached hydrogens (tertiary/aromatic N) is 2. The molecule has 0 bridgehead atoms. The SMILES string of the molecule is Nc1c(Br)cnn1Cc1cccc(Cl)c1. The highest BCUT2D eigenvalue weighted by Crippen LogP contribution is 2.19. The summed E-state index contributed by atoms with van der Waals surface area (Å²) in [5, 5.41) is 4.86. The number of nitrogens with two attached hydrogens (primary N) is 1. The molecule has 0 amide bonds. The Kier molecular flexibility index (Phi) is 2.98. The van der Waals surface area contributed by atoms with Crippen LogP contribution in [0, 0.1) is 0 Å². The van der Waals surface area contributed by atoms with Crippen molar-refractivity contribution in [3.8, 4) is 0 Å². The van der Waals surface area contributed by atoms with E-state index in [1.54, 1.807) is 10.9 Å². The van der Waals surface area contributed by atoms with Crippen molar-refractivity contribution in [3.05, 3.63) is 45.5 Å². The van der Waals surface area contributed by atoms with Crippen LogP contribution in [0.5, 0.6) is 0 Å². The van der Waals surface area contributed by atoms with Crippen LogP contribution in [0.15, 0.2) is 34.9 Å². The first kappa shape index (κ1) is 10.5. The van der Waals surface area contributed by atoms with Gasteiger partial charge in [-0.05, 0) is 33.6 Å². The summed E-state index contributed by atoms with van der Waals surface area (Å²) in [7, 11) is 0. The lowest BCUT2D eigenvalue weighted by atomic mass is 10.2. The van der Waals surface area contributed by atoms with E-state index in [0.29, 0.717) is 12.4 Å². The molecule has 1 aromatic heterocycles. The lowest BCUT2D eigenvalue weighted by molar-refractivity contribution is 0.697. The Bertz CT molecular complexity index is 481. The number of hydrogen-bond donors (Lipinski definition) is 1. The summed E-state index contributed by atoms with van der Waals surface area (Å²) in [6.07, 6.45) is 1.68. The fourth-order valence-corrected chi connectivity index (χ4v) is 1.82. The Labute approximate surface area is 101 Å². The van der Waals surface area contributed by atoms with Crippen LogP contribution in [0.1, 0.15) is 5.56 Å². The summed E-state index contributed by atoms with van der Waals surface area (Å²) in [6.45, 7) is 0.623. The van der Waals surface area contributed by atoms with Crippen molar-refractivity contribution in [3.63, 3.8) is 0 Å². The fraction of sp³-hybridized carbons (Fsp3) is 0.100. The summed E-state index contributed by atoms with van der Waals surface area (Å²) in [5.74, 6) is 0.620. The Hall–Kier alpha value is -1.00. The van der Waals surface area contributed by atoms with Gasteiger partial charge in [-0.15, -0.1) is 0 Å². The maximum Gasteiger partial charge on any atom is 0.136 e. The van der Waals surface area contributed by atoms with Crippen molar-refractivity contribution in [1.82, 2.24) is 9.78 Å². The molecule has 2 rings (SSSR count). The second kappa shape index (κ2) is 4.24. The molecule has 0 saturated carbocycles. The van der Waals surface area contributed by atoms with Gasteiger partial charge in [0.05, 0.1) is 17.2 Å². The van der Waals surface area contributed by atoms with Gasteiger partial charge in [-0.25, -0.2) is 4.68 Å². The van der Waals surface area contributed by atoms with Crippen LogP contribution in [-0.4, -0.2) is 9.78 Å². The lowest BCUT2D eigenvalue weighted by Crippen LogP contribution is -2.05. The van der Waals surface area contributed by atoms with Crippen molar-refractivity contribution < 1.29 is 0 Å². The van der Waals surface area contributed by atoms with Gasteiger partial charge in [-0.3, -0.25) is 0 Å². The summed E-state index contributed by atoms with van der Waals surface area (Å²) < 4.78 is 2.53. The number of rotatable bonds is 2. The number of halogens is 2. The van der Waals surface area contributed by atoms with Gasteiger partial charge in [-0.2, -0.15) is 5.10 Å². The first-order valence-corrected chi connectivity index (χ1v) is 5.55. The third-order valence-electron chi connectivity index (χ3n) is 2.05. The molecule has 0 aliphatic rings. The molecule has 0 unspecified atom stereocenters. The Morgan fingerprint density at radius 2 is 2.27 bits per heavy atom. The van der Waals surface area contributed by atoms with Crippen molar-refractivity contribution in [2.24, 2.45) is 0 Å². The molecule has 0 aliphatic carbocycles. The topological polar surface area (TPSA) is 43.8 Å². The highest BCUT2D eigenvalue weighted by atomic mass is 79.9. The third kappa shape index (κ3) is 2.33. The number of anilines is 1. The Balaban J connectivity index is 2.26. The van der Waals surface area contributed by atoms with Gasteiger partial charge in [0.15, 0.2) is 0 Å². The molecular formula is C10H9BrClN3. The molecular weight excluding hydrogens is 277 g/mol. The summed E-state index contributed by atoms with van der Waals surface area (Å²) in [5.41, 5.74) is 6.88. The summed E-state index contributed by atoms with van der Waals surface area (Å²) in [4.78, 5) is 0. The van der Waals surface area contributed by atoms with E-state index in [0.717, 1.165) is 15.1 Å². The van der Waals surface area contributed by atoms with E-state index in [-0.39, 0.29) is 0 Å². The quantitative estimate of drug-likeness (QED) is 0.922. The standard InChI is InChI=1S/C10H9BrClN3/c11-9-5-14-15(10(9)13)6-7-2-1-3-8(12)4-7/h1-5H,6,13H2. The highest BCUT2D eigenvalue weighted by Gasteiger charge is 2.04. The molecule has 0 radical (unpaired) electrons. The molecule has 2 aromatic rings. The summed E-state index contributed by atoms with van der Waals surface area (Å²) >= 11 is 9.20. The zero-order valence-electron chi connectivity index (χ0n) is 7.82. The van der Waals surface area contributed by atoms with E-state index < -0.39 is 0 Å². The Morgan fingerprint density at radius 1 is 1.47 bits per heavy atom. The van der Waals surface area contributed by atoms with Gasteiger partial charge in [-0.1, -0.05) is 23.7 Å². The van der Waals surface area contributed by atoms with Crippen molar-refractivity contribution in [2.75, 3.05) is 5.73 Å². The molecule has 1 aromatic carbocycles. The molecule has 0 aliphatic heterocycles. The van der Waals surface area contributed by atoms with Crippen LogP contribution < -0.4 is 5.73 Å². The normalized spacial score (nSPS) is 10.5. The average molecular weight is 287 g/mol. The lowest BCUT2D eigenvalue weighted by Gasteiger charge is -2.04. The maximum atomic E-state index is 5.89. The minimum atomic E-state index is 0.620. The van der Waals surface area contributed by atoms with Crippen molar-refractivity contribution in [2.45, 2.75) is 6.54 Å². The monoisotopic (exact) mass is 285 g/mol. The smallest absolute Gasteiger partial charge is 0.136 e. The third-order valence-corrected chi connectivity index (χ3v) is 2.90. The van der Waals surface area contributed by atoms with Gasteiger partial charge in [0.25, 0.3) is 0 Å². The van der Waals surface area contributed by atoms with Crippen LogP contribution in [0.25, 0.3) is 0 Å². The first-order chi connectivity index (χ1) is 7.16. The van der Waals surface area contributed by atoms with Gasteiger partial charge < -0.3 is 5.73 Å². The molecule has 2 N–H and O–H groups in total. The number of aromatic nitrogens is 2.